The molecule has 17 heteroatoms. The number of hydrogen-bond donors (Lipinski definition) is 6. The highest BCUT2D eigenvalue weighted by atomic mass is 31.2. The first kappa shape index (κ1) is 25.2. The van der Waals surface area contributed by atoms with Gasteiger partial charge in [0.05, 0.1) is 13.3 Å². The molecule has 146 valence electrons. The summed E-state index contributed by atoms with van der Waals surface area (Å²) < 4.78 is 33.4. The monoisotopic (exact) mass is 449 g/mol. The maximum absolute atomic E-state index is 11.2. The van der Waals surface area contributed by atoms with E-state index in [1.54, 1.807) is 0 Å². The van der Waals surface area contributed by atoms with Crippen molar-refractivity contribution in [1.29, 1.82) is 0 Å². The molecule has 0 aliphatic heterocycles. The van der Waals surface area contributed by atoms with Gasteiger partial charge in [-0.15, -0.1) is 18.5 Å². The zero-order valence-electron chi connectivity index (χ0n) is 12.7. The zero-order chi connectivity index (χ0) is 19.2. The molecule has 0 aliphatic rings. The van der Waals surface area contributed by atoms with Gasteiger partial charge in [-0.25, -0.2) is 0 Å². The van der Waals surface area contributed by atoms with Gasteiger partial charge in [-0.05, 0) is 0 Å². The van der Waals surface area contributed by atoms with Crippen LogP contribution >= 0.6 is 41.3 Å². The van der Waals surface area contributed by atoms with Gasteiger partial charge in [0.1, 0.15) is 18.9 Å². The highest BCUT2D eigenvalue weighted by Gasteiger charge is 2.27. The fraction of sp³-hybridized carbons (Fsp3) is 1.00. The van der Waals surface area contributed by atoms with Crippen LogP contribution in [0.1, 0.15) is 0 Å². The summed E-state index contributed by atoms with van der Waals surface area (Å²) in [6, 6.07) is 0. The number of nitrogens with zero attached hydrogens (tertiary/aromatic N) is 3. The molecule has 0 fully saturated rings. The molecule has 2 atom stereocenters. The second-order valence-corrected chi connectivity index (χ2v) is 10.6. The van der Waals surface area contributed by atoms with Crippen LogP contribution in [0.4, 0.5) is 0 Å². The van der Waals surface area contributed by atoms with Gasteiger partial charge in [0, 0.05) is 12.6 Å². The molecule has 0 saturated carbocycles. The fourth-order valence-electron chi connectivity index (χ4n) is 1.80. The molecular weight excluding hydrogens is 425 g/mol. The summed E-state index contributed by atoms with van der Waals surface area (Å²) in [6.45, 7) is -0.413. The second kappa shape index (κ2) is 10.5. The molecule has 0 rings (SSSR count). The van der Waals surface area contributed by atoms with Gasteiger partial charge in [0.2, 0.25) is 0 Å². The summed E-state index contributed by atoms with van der Waals surface area (Å²) in [5, 5.41) is 0. The van der Waals surface area contributed by atoms with Crippen molar-refractivity contribution in [3.05, 3.63) is 0 Å². The van der Waals surface area contributed by atoms with Gasteiger partial charge in [-0.1, -0.05) is 0 Å². The lowest BCUT2D eigenvalue weighted by Crippen LogP contribution is -2.44. The van der Waals surface area contributed by atoms with Gasteiger partial charge < -0.3 is 29.4 Å². The third kappa shape index (κ3) is 14.4. The van der Waals surface area contributed by atoms with Crippen LogP contribution < -0.4 is 0 Å². The molecule has 0 bridgehead atoms. The maximum atomic E-state index is 11.2. The molecule has 0 heterocycles. The minimum absolute atomic E-state index is 0.127. The number of hydrogen-bond acceptors (Lipinski definition) is 6. The highest BCUT2D eigenvalue weighted by molar-refractivity contribution is 7.52. The average Bonchev–Trinajstić information content (AvgIpc) is 2.31. The first-order valence-electron chi connectivity index (χ1n) is 6.36. The second-order valence-electron chi connectivity index (χ2n) is 5.08. The highest BCUT2D eigenvalue weighted by Crippen LogP contribution is 2.39. The van der Waals surface area contributed by atoms with Crippen molar-refractivity contribution in [3.63, 3.8) is 0 Å². The van der Waals surface area contributed by atoms with E-state index in [1.807, 2.05) is 0 Å². The third-order valence-electron chi connectivity index (χ3n) is 2.47. The Morgan fingerprint density at radius 2 is 0.833 bits per heavy atom. The quantitative estimate of drug-likeness (QED) is 0.156. The van der Waals surface area contributed by atoms with Gasteiger partial charge in [-0.2, -0.15) is 0 Å². The van der Waals surface area contributed by atoms with E-state index in [4.69, 9.17) is 29.4 Å². The summed E-state index contributed by atoms with van der Waals surface area (Å²) in [5.41, 5.74) is 0. The summed E-state index contributed by atoms with van der Waals surface area (Å²) in [4.78, 5) is 58.0. The van der Waals surface area contributed by atoms with E-state index in [1.165, 1.54) is 14.7 Å². The third-order valence-corrected chi connectivity index (χ3v) is 5.81. The van der Waals surface area contributed by atoms with Crippen molar-refractivity contribution in [1.82, 2.24) is 14.7 Å². The lowest BCUT2D eigenvalue weighted by Gasteiger charge is -2.33. The maximum Gasteiger partial charge on any atom is 0.339 e. The molecule has 12 nitrogen and oxygen atoms in total. The molecule has 0 aromatic carbocycles. The summed E-state index contributed by atoms with van der Waals surface area (Å²) in [5.74, 6) is 0. The topological polar surface area (TPSA) is 182 Å². The Morgan fingerprint density at radius 3 is 1.04 bits per heavy atom. The van der Waals surface area contributed by atoms with E-state index in [0.29, 0.717) is 0 Å². The van der Waals surface area contributed by atoms with Gasteiger partial charge >= 0.3 is 22.8 Å². The Balaban J connectivity index is 5.11. The van der Waals surface area contributed by atoms with Crippen LogP contribution in [-0.4, -0.2) is 88.8 Å². The Kier molecular flexibility index (Phi) is 11.0. The van der Waals surface area contributed by atoms with Crippen LogP contribution in [0.15, 0.2) is 0 Å². The normalized spacial score (nSPS) is 14.1. The van der Waals surface area contributed by atoms with Crippen LogP contribution in [0.25, 0.3) is 0 Å². The molecule has 0 amide bonds. The van der Waals surface area contributed by atoms with Crippen molar-refractivity contribution in [2.75, 3.05) is 44.8 Å². The zero-order valence-corrected chi connectivity index (χ0v) is 17.7. The van der Waals surface area contributed by atoms with Gasteiger partial charge in [-0.3, -0.25) is 28.4 Å². The van der Waals surface area contributed by atoms with Gasteiger partial charge in [0.25, 0.3) is 0 Å². The first-order valence-corrected chi connectivity index (χ1v) is 13.4. The molecule has 0 saturated heterocycles. The van der Waals surface area contributed by atoms with Crippen LogP contribution in [0.3, 0.4) is 0 Å². The van der Waals surface area contributed by atoms with Gasteiger partial charge in [0.15, 0.2) is 0 Å². The Bertz CT molecular complexity index is 484. The SMILES string of the molecule is O=P(O)(O)CN(CP)CN(CN(CP)CP(=O)(O)O)CP(=O)(O)O. The average molecular weight is 449 g/mol. The van der Waals surface area contributed by atoms with Crippen LogP contribution in [0.5, 0.6) is 0 Å². The summed E-state index contributed by atoms with van der Waals surface area (Å²) in [7, 11) is -8.74. The minimum Gasteiger partial charge on any atom is -0.324 e. The molecule has 0 aromatic rings. The van der Waals surface area contributed by atoms with Crippen molar-refractivity contribution in [2.24, 2.45) is 0 Å². The van der Waals surface area contributed by atoms with Crippen molar-refractivity contribution in [3.8, 4) is 0 Å². The fourth-order valence-corrected chi connectivity index (χ4v) is 4.88. The van der Waals surface area contributed by atoms with Crippen molar-refractivity contribution in [2.45, 2.75) is 0 Å². The van der Waals surface area contributed by atoms with E-state index >= 15 is 0 Å². The van der Waals surface area contributed by atoms with E-state index in [9.17, 15) is 13.7 Å². The van der Waals surface area contributed by atoms with Crippen molar-refractivity contribution >= 4 is 41.3 Å². The molecule has 24 heavy (non-hydrogen) atoms. The molecular formula is C7H24N3O9P5. The van der Waals surface area contributed by atoms with E-state index in [0.717, 1.165) is 0 Å². The first-order chi connectivity index (χ1) is 10.6. The smallest absolute Gasteiger partial charge is 0.324 e. The largest absolute Gasteiger partial charge is 0.339 e. The molecule has 0 aliphatic carbocycles. The predicted molar refractivity (Wildman–Crippen MR) is 95.1 cm³/mol. The lowest BCUT2D eigenvalue weighted by atomic mass is 10.7. The minimum atomic E-state index is -4.49. The molecule has 0 aromatic heterocycles. The Labute approximate surface area is 144 Å². The Morgan fingerprint density at radius 1 is 0.583 bits per heavy atom. The van der Waals surface area contributed by atoms with Crippen LogP contribution in [0, 0.1) is 0 Å². The Hall–Kier alpha value is 1.19. The van der Waals surface area contributed by atoms with E-state index in [2.05, 4.69) is 18.5 Å². The molecule has 2 unspecified atom stereocenters. The number of rotatable bonds is 12. The predicted octanol–water partition coefficient (Wildman–Crippen LogP) is -1.12. The molecule has 0 spiro atoms. The van der Waals surface area contributed by atoms with E-state index < -0.39 is 41.6 Å². The standard InChI is InChI=1S/C7H24N3O9P5/c11-22(12,13)5-8(1-9(3-20)6-23(14,15)16)2-10(4-21)7-24(17,18)19/h1-7,20-21H2,(H2,11,12,13)(H2,14,15,16)(H2,17,18,19). The van der Waals surface area contributed by atoms with Crippen LogP contribution in [0.2, 0.25) is 0 Å². The summed E-state index contributed by atoms with van der Waals surface area (Å²) in [6.07, 6.45) is -1.71. The van der Waals surface area contributed by atoms with Crippen molar-refractivity contribution < 1.29 is 43.1 Å². The van der Waals surface area contributed by atoms with E-state index in [-0.39, 0.29) is 25.9 Å². The molecule has 0 radical (unpaired) electrons. The summed E-state index contributed by atoms with van der Waals surface area (Å²) >= 11 is 0. The lowest BCUT2D eigenvalue weighted by molar-refractivity contribution is 0.109. The molecule has 6 N–H and O–H groups in total. The van der Waals surface area contributed by atoms with Crippen LogP contribution in [-0.2, 0) is 13.7 Å².